The number of rotatable bonds is 7. The summed E-state index contributed by atoms with van der Waals surface area (Å²) in [5.74, 6) is 0.322. The van der Waals surface area contributed by atoms with Gasteiger partial charge < -0.3 is 15.4 Å². The van der Waals surface area contributed by atoms with Crippen LogP contribution in [0.4, 0.5) is 8.78 Å². The molecule has 2 aromatic carbocycles. The minimum Gasteiger partial charge on any atom is -0.497 e. The van der Waals surface area contributed by atoms with Crippen LogP contribution in [0.25, 0.3) is 0 Å². The largest absolute Gasteiger partial charge is 0.497 e. The first-order valence-electron chi connectivity index (χ1n) is 8.22. The molecule has 0 aromatic heterocycles. The summed E-state index contributed by atoms with van der Waals surface area (Å²) in [5, 5.41) is 6.21. The Morgan fingerprint density at radius 1 is 1.08 bits per heavy atom. The van der Waals surface area contributed by atoms with Gasteiger partial charge >= 0.3 is 0 Å². The number of hydrogen-bond donors (Lipinski definition) is 2. The predicted molar refractivity (Wildman–Crippen MR) is 111 cm³/mol. The molecule has 0 saturated heterocycles. The molecule has 0 aliphatic rings. The average Bonchev–Trinajstić information content (AvgIpc) is 2.62. The van der Waals surface area contributed by atoms with Crippen molar-refractivity contribution < 1.29 is 13.5 Å². The molecule has 4 nitrogen and oxygen atoms in total. The number of aliphatic imine (C=N–C) groups is 1. The van der Waals surface area contributed by atoms with Crippen molar-refractivity contribution in [3.05, 3.63) is 65.2 Å². The lowest BCUT2D eigenvalue weighted by atomic mass is 10.1. The van der Waals surface area contributed by atoms with Crippen molar-refractivity contribution in [2.45, 2.75) is 19.9 Å². The molecule has 0 aliphatic heterocycles. The Morgan fingerprint density at radius 2 is 1.77 bits per heavy atom. The van der Waals surface area contributed by atoms with Crippen LogP contribution in [-0.2, 0) is 13.0 Å². The third-order valence-corrected chi connectivity index (χ3v) is 3.63. The maximum Gasteiger partial charge on any atom is 0.191 e. The molecule has 0 saturated carbocycles. The van der Waals surface area contributed by atoms with Gasteiger partial charge in [0, 0.05) is 18.7 Å². The van der Waals surface area contributed by atoms with E-state index in [-0.39, 0.29) is 36.0 Å². The topological polar surface area (TPSA) is 45.7 Å². The van der Waals surface area contributed by atoms with Crippen molar-refractivity contribution in [1.82, 2.24) is 10.6 Å². The van der Waals surface area contributed by atoms with Crippen molar-refractivity contribution in [3.8, 4) is 5.75 Å². The minimum atomic E-state index is -0.528. The first-order valence-corrected chi connectivity index (χ1v) is 8.22. The van der Waals surface area contributed by atoms with Gasteiger partial charge in [-0.25, -0.2) is 13.8 Å². The average molecular weight is 475 g/mol. The molecule has 0 bridgehead atoms. The van der Waals surface area contributed by atoms with E-state index in [2.05, 4.69) is 15.6 Å². The van der Waals surface area contributed by atoms with Gasteiger partial charge in [0.05, 0.1) is 13.7 Å². The Labute approximate surface area is 170 Å². The minimum absolute atomic E-state index is 0. The fraction of sp³-hybridized carbons (Fsp3) is 0.316. The van der Waals surface area contributed by atoms with Crippen LogP contribution >= 0.6 is 24.0 Å². The van der Waals surface area contributed by atoms with Crippen LogP contribution < -0.4 is 15.4 Å². The molecule has 0 heterocycles. The lowest BCUT2D eigenvalue weighted by Gasteiger charge is -2.12. The Balaban J connectivity index is 0.00000338. The summed E-state index contributed by atoms with van der Waals surface area (Å²) in [5.41, 5.74) is 1.09. The van der Waals surface area contributed by atoms with Crippen LogP contribution in [0.15, 0.2) is 47.5 Å². The molecule has 2 rings (SSSR count). The van der Waals surface area contributed by atoms with E-state index in [1.165, 1.54) is 18.2 Å². The van der Waals surface area contributed by atoms with Gasteiger partial charge in [0.1, 0.15) is 17.4 Å². The highest BCUT2D eigenvalue weighted by Gasteiger charge is 2.08. The van der Waals surface area contributed by atoms with E-state index in [9.17, 15) is 8.78 Å². The summed E-state index contributed by atoms with van der Waals surface area (Å²) < 4.78 is 32.5. The van der Waals surface area contributed by atoms with Crippen molar-refractivity contribution in [3.63, 3.8) is 0 Å². The van der Waals surface area contributed by atoms with Gasteiger partial charge in [-0.15, -0.1) is 24.0 Å². The summed E-state index contributed by atoms with van der Waals surface area (Å²) in [4.78, 5) is 4.49. The summed E-state index contributed by atoms with van der Waals surface area (Å²) in [6, 6.07) is 11.6. The van der Waals surface area contributed by atoms with Gasteiger partial charge in [0.15, 0.2) is 5.96 Å². The number of halogens is 3. The maximum atomic E-state index is 13.6. The van der Waals surface area contributed by atoms with Crippen molar-refractivity contribution in [2.24, 2.45) is 4.99 Å². The molecule has 0 aliphatic carbocycles. The van der Waals surface area contributed by atoms with Crippen LogP contribution in [0.3, 0.4) is 0 Å². The van der Waals surface area contributed by atoms with Crippen molar-refractivity contribution in [2.75, 3.05) is 20.2 Å². The molecule has 0 fully saturated rings. The molecule has 142 valence electrons. The fourth-order valence-electron chi connectivity index (χ4n) is 2.36. The second kappa shape index (κ2) is 11.7. The Hall–Kier alpha value is -1.90. The van der Waals surface area contributed by atoms with Crippen LogP contribution in [0.2, 0.25) is 0 Å². The molecular formula is C19H24F2IN3O. The molecule has 2 N–H and O–H groups in total. The van der Waals surface area contributed by atoms with E-state index >= 15 is 0 Å². The molecule has 0 spiro atoms. The van der Waals surface area contributed by atoms with Crippen molar-refractivity contribution >= 4 is 29.9 Å². The lowest BCUT2D eigenvalue weighted by Crippen LogP contribution is -2.38. The maximum absolute atomic E-state index is 13.6. The van der Waals surface area contributed by atoms with Crippen LogP contribution in [0.1, 0.15) is 18.1 Å². The summed E-state index contributed by atoms with van der Waals surface area (Å²) in [6.45, 7) is 3.50. The van der Waals surface area contributed by atoms with Gasteiger partial charge in [-0.1, -0.05) is 18.2 Å². The fourth-order valence-corrected chi connectivity index (χ4v) is 2.36. The highest BCUT2D eigenvalue weighted by atomic mass is 127. The number of nitrogens with zero attached hydrogens (tertiary/aromatic N) is 1. The number of guanidine groups is 1. The zero-order chi connectivity index (χ0) is 18.1. The second-order valence-corrected chi connectivity index (χ2v) is 5.42. The van der Waals surface area contributed by atoms with Crippen LogP contribution in [-0.4, -0.2) is 26.2 Å². The van der Waals surface area contributed by atoms with Gasteiger partial charge in [0.2, 0.25) is 0 Å². The van der Waals surface area contributed by atoms with Gasteiger partial charge in [-0.05, 0) is 43.2 Å². The molecule has 0 radical (unpaired) electrons. The highest BCUT2D eigenvalue weighted by Crippen LogP contribution is 2.13. The number of nitrogens with one attached hydrogen (secondary N) is 2. The van der Waals surface area contributed by atoms with Gasteiger partial charge in [0.25, 0.3) is 0 Å². The first kappa shape index (κ1) is 22.1. The molecule has 0 unspecified atom stereocenters. The zero-order valence-corrected chi connectivity index (χ0v) is 17.2. The van der Waals surface area contributed by atoms with Gasteiger partial charge in [-0.2, -0.15) is 0 Å². The molecule has 7 heteroatoms. The normalized spacial score (nSPS) is 10.8. The van der Waals surface area contributed by atoms with E-state index in [4.69, 9.17) is 4.74 Å². The van der Waals surface area contributed by atoms with Crippen molar-refractivity contribution in [1.29, 1.82) is 0 Å². The van der Waals surface area contributed by atoms with Gasteiger partial charge in [-0.3, -0.25) is 0 Å². The molecular weight excluding hydrogens is 451 g/mol. The number of hydrogen-bond acceptors (Lipinski definition) is 2. The Kier molecular flexibility index (Phi) is 9.93. The van der Waals surface area contributed by atoms with Crippen LogP contribution in [0, 0.1) is 11.6 Å². The SMILES string of the molecule is CCNC(=NCc1cccc(OC)c1)NCCc1c(F)cccc1F.I. The monoisotopic (exact) mass is 475 g/mol. The molecule has 0 amide bonds. The van der Waals surface area contributed by atoms with E-state index < -0.39 is 11.6 Å². The van der Waals surface area contributed by atoms with E-state index in [0.717, 1.165) is 11.3 Å². The third kappa shape index (κ3) is 6.78. The number of ether oxygens (including phenoxy) is 1. The standard InChI is InChI=1S/C19H23F2N3O.HI/c1-3-22-19(24-13-14-6-4-7-15(12-14)25-2)23-11-10-16-17(20)8-5-9-18(16)21;/h4-9,12H,3,10-11,13H2,1-2H3,(H2,22,23,24);1H. The first-order chi connectivity index (χ1) is 12.1. The second-order valence-electron chi connectivity index (χ2n) is 5.42. The quantitative estimate of drug-likeness (QED) is 0.363. The zero-order valence-electron chi connectivity index (χ0n) is 14.9. The summed E-state index contributed by atoms with van der Waals surface area (Å²) >= 11 is 0. The van der Waals surface area contributed by atoms with E-state index in [0.29, 0.717) is 25.6 Å². The smallest absolute Gasteiger partial charge is 0.191 e. The number of benzene rings is 2. The highest BCUT2D eigenvalue weighted by molar-refractivity contribution is 14.0. The van der Waals surface area contributed by atoms with E-state index in [1.807, 2.05) is 31.2 Å². The Morgan fingerprint density at radius 3 is 2.42 bits per heavy atom. The molecule has 0 atom stereocenters. The molecule has 26 heavy (non-hydrogen) atoms. The van der Waals surface area contributed by atoms with E-state index in [1.54, 1.807) is 7.11 Å². The number of methoxy groups -OCH3 is 1. The lowest BCUT2D eigenvalue weighted by molar-refractivity contribution is 0.414. The van der Waals surface area contributed by atoms with Crippen LogP contribution in [0.5, 0.6) is 5.75 Å². The Bertz CT molecular complexity index is 705. The summed E-state index contributed by atoms with van der Waals surface area (Å²) in [7, 11) is 1.62. The predicted octanol–water partition coefficient (Wildman–Crippen LogP) is 3.89. The summed E-state index contributed by atoms with van der Waals surface area (Å²) in [6.07, 6.45) is 0.238. The third-order valence-electron chi connectivity index (χ3n) is 3.63. The molecule has 2 aromatic rings.